The van der Waals surface area contributed by atoms with Crippen LogP contribution in [0.3, 0.4) is 0 Å². The van der Waals surface area contributed by atoms with Crippen LogP contribution in [0.15, 0.2) is 18.2 Å². The summed E-state index contributed by atoms with van der Waals surface area (Å²) in [6.07, 6.45) is 5.61. The standard InChI is InChI=1S/C17H24O/c1-12-5-6-13-7-8-15-16(2,14(13)11-12)9-4-10-17(15,3)18/h5-6,11,15,18H,4,7-10H2,1-3H3/t15-,16-,17+/m1/s1. The van der Waals surface area contributed by atoms with Gasteiger partial charge in [0, 0.05) is 0 Å². The van der Waals surface area contributed by atoms with Crippen LogP contribution in [0, 0.1) is 12.8 Å². The third-order valence-corrected chi connectivity index (χ3v) is 5.48. The molecular weight excluding hydrogens is 220 g/mol. The summed E-state index contributed by atoms with van der Waals surface area (Å²) in [7, 11) is 0. The summed E-state index contributed by atoms with van der Waals surface area (Å²) < 4.78 is 0. The van der Waals surface area contributed by atoms with Crippen LogP contribution in [0.2, 0.25) is 0 Å². The Morgan fingerprint density at radius 1 is 1.22 bits per heavy atom. The normalized spacial score (nSPS) is 39.0. The van der Waals surface area contributed by atoms with Gasteiger partial charge in [0.15, 0.2) is 0 Å². The van der Waals surface area contributed by atoms with Gasteiger partial charge < -0.3 is 5.11 Å². The molecule has 0 heterocycles. The van der Waals surface area contributed by atoms with Crippen LogP contribution < -0.4 is 0 Å². The van der Waals surface area contributed by atoms with E-state index in [1.807, 2.05) is 0 Å². The number of aliphatic hydroxyl groups is 1. The Labute approximate surface area is 110 Å². The van der Waals surface area contributed by atoms with Crippen molar-refractivity contribution in [2.24, 2.45) is 5.92 Å². The highest BCUT2D eigenvalue weighted by molar-refractivity contribution is 5.41. The van der Waals surface area contributed by atoms with E-state index < -0.39 is 5.60 Å². The van der Waals surface area contributed by atoms with Gasteiger partial charge in [0.2, 0.25) is 0 Å². The second kappa shape index (κ2) is 3.84. The maximum Gasteiger partial charge on any atom is 0.0656 e. The SMILES string of the molecule is Cc1ccc2c(c1)[C@@]1(C)CCC[C@](C)(O)[C@@H]1CC2. The van der Waals surface area contributed by atoms with Crippen LogP contribution in [-0.2, 0) is 11.8 Å². The van der Waals surface area contributed by atoms with Crippen molar-refractivity contribution in [3.63, 3.8) is 0 Å². The second-order valence-electron chi connectivity index (χ2n) is 6.88. The first-order valence-electron chi connectivity index (χ1n) is 7.26. The zero-order valence-electron chi connectivity index (χ0n) is 11.8. The number of fused-ring (bicyclic) bond motifs is 3. The first-order chi connectivity index (χ1) is 8.43. The molecule has 0 aliphatic heterocycles. The molecule has 1 saturated carbocycles. The maximum absolute atomic E-state index is 10.7. The monoisotopic (exact) mass is 244 g/mol. The van der Waals surface area contributed by atoms with Crippen LogP contribution >= 0.6 is 0 Å². The summed E-state index contributed by atoms with van der Waals surface area (Å²) in [6.45, 7) is 6.60. The Morgan fingerprint density at radius 2 is 2.00 bits per heavy atom. The van der Waals surface area contributed by atoms with Gasteiger partial charge in [-0.3, -0.25) is 0 Å². The average molecular weight is 244 g/mol. The Hall–Kier alpha value is -0.820. The summed E-state index contributed by atoms with van der Waals surface area (Å²) in [5, 5.41) is 10.7. The van der Waals surface area contributed by atoms with Crippen LogP contribution in [0.1, 0.15) is 56.2 Å². The molecule has 1 nitrogen and oxygen atoms in total. The Kier molecular flexibility index (Phi) is 2.60. The molecule has 1 heteroatoms. The Morgan fingerprint density at radius 3 is 2.78 bits per heavy atom. The molecule has 0 spiro atoms. The third-order valence-electron chi connectivity index (χ3n) is 5.48. The molecule has 1 aromatic rings. The Balaban J connectivity index is 2.13. The fraction of sp³-hybridized carbons (Fsp3) is 0.647. The van der Waals surface area contributed by atoms with E-state index in [9.17, 15) is 5.11 Å². The van der Waals surface area contributed by atoms with Crippen LogP contribution in [0.4, 0.5) is 0 Å². The molecule has 0 amide bonds. The van der Waals surface area contributed by atoms with Gasteiger partial charge in [-0.25, -0.2) is 0 Å². The second-order valence-corrected chi connectivity index (χ2v) is 6.88. The molecule has 98 valence electrons. The first-order valence-corrected chi connectivity index (χ1v) is 7.26. The van der Waals surface area contributed by atoms with Crippen molar-refractivity contribution in [2.45, 2.75) is 63.9 Å². The van der Waals surface area contributed by atoms with Gasteiger partial charge >= 0.3 is 0 Å². The zero-order chi connectivity index (χ0) is 13.0. The molecule has 18 heavy (non-hydrogen) atoms. The summed E-state index contributed by atoms with van der Waals surface area (Å²) in [5.74, 6) is 0.424. The minimum absolute atomic E-state index is 0.182. The van der Waals surface area contributed by atoms with E-state index in [4.69, 9.17) is 0 Å². The van der Waals surface area contributed by atoms with Gasteiger partial charge in [-0.05, 0) is 68.4 Å². The summed E-state index contributed by atoms with van der Waals surface area (Å²) >= 11 is 0. The highest BCUT2D eigenvalue weighted by Gasteiger charge is 2.50. The van der Waals surface area contributed by atoms with Crippen molar-refractivity contribution in [1.82, 2.24) is 0 Å². The Bertz CT molecular complexity index is 474. The average Bonchev–Trinajstić information content (AvgIpc) is 2.29. The highest BCUT2D eigenvalue weighted by Crippen LogP contribution is 2.53. The molecular formula is C17H24O. The third kappa shape index (κ3) is 1.64. The molecule has 0 saturated heterocycles. The van der Waals surface area contributed by atoms with Crippen molar-refractivity contribution in [2.75, 3.05) is 0 Å². The molecule has 2 aliphatic rings. The first kappa shape index (κ1) is 12.2. The molecule has 0 bridgehead atoms. The number of rotatable bonds is 0. The van der Waals surface area contributed by atoms with Crippen LogP contribution in [0.5, 0.6) is 0 Å². The van der Waals surface area contributed by atoms with E-state index in [2.05, 4.69) is 39.0 Å². The van der Waals surface area contributed by atoms with Gasteiger partial charge in [0.05, 0.1) is 5.60 Å². The zero-order valence-corrected chi connectivity index (χ0v) is 11.8. The number of hydrogen-bond acceptors (Lipinski definition) is 1. The molecule has 0 aromatic heterocycles. The summed E-state index contributed by atoms with van der Waals surface area (Å²) in [6, 6.07) is 6.89. The number of benzene rings is 1. The van der Waals surface area contributed by atoms with Gasteiger partial charge in [0.1, 0.15) is 0 Å². The molecule has 2 aliphatic carbocycles. The molecule has 3 atom stereocenters. The quantitative estimate of drug-likeness (QED) is 0.737. The van der Waals surface area contributed by atoms with Gasteiger partial charge in [-0.2, -0.15) is 0 Å². The number of hydrogen-bond donors (Lipinski definition) is 1. The van der Waals surface area contributed by atoms with E-state index in [0.29, 0.717) is 5.92 Å². The molecule has 0 unspecified atom stereocenters. The molecule has 0 radical (unpaired) electrons. The van der Waals surface area contributed by atoms with Crippen molar-refractivity contribution in [1.29, 1.82) is 0 Å². The number of aryl methyl sites for hydroxylation is 2. The van der Waals surface area contributed by atoms with Gasteiger partial charge in [-0.15, -0.1) is 0 Å². The van der Waals surface area contributed by atoms with Gasteiger partial charge in [-0.1, -0.05) is 30.7 Å². The summed E-state index contributed by atoms with van der Waals surface area (Å²) in [4.78, 5) is 0. The maximum atomic E-state index is 10.7. The van der Waals surface area contributed by atoms with Crippen LogP contribution in [0.25, 0.3) is 0 Å². The van der Waals surface area contributed by atoms with E-state index in [1.54, 1.807) is 0 Å². The minimum Gasteiger partial charge on any atom is -0.390 e. The van der Waals surface area contributed by atoms with Crippen molar-refractivity contribution < 1.29 is 5.11 Å². The van der Waals surface area contributed by atoms with Gasteiger partial charge in [0.25, 0.3) is 0 Å². The minimum atomic E-state index is -0.478. The lowest BCUT2D eigenvalue weighted by Gasteiger charge is -2.53. The molecule has 1 N–H and O–H groups in total. The fourth-order valence-corrected chi connectivity index (χ4v) is 4.54. The predicted molar refractivity (Wildman–Crippen MR) is 74.8 cm³/mol. The largest absolute Gasteiger partial charge is 0.390 e. The van der Waals surface area contributed by atoms with Crippen molar-refractivity contribution in [3.05, 3.63) is 34.9 Å². The van der Waals surface area contributed by atoms with E-state index in [1.165, 1.54) is 23.1 Å². The summed E-state index contributed by atoms with van der Waals surface area (Å²) in [5.41, 5.74) is 4.08. The predicted octanol–water partition coefficient (Wildman–Crippen LogP) is 3.75. The topological polar surface area (TPSA) is 20.2 Å². The fourth-order valence-electron chi connectivity index (χ4n) is 4.54. The van der Waals surface area contributed by atoms with Crippen molar-refractivity contribution >= 4 is 0 Å². The van der Waals surface area contributed by atoms with E-state index in [0.717, 1.165) is 25.7 Å². The molecule has 1 fully saturated rings. The lowest BCUT2D eigenvalue weighted by molar-refractivity contribution is -0.0748. The van der Waals surface area contributed by atoms with Crippen molar-refractivity contribution in [3.8, 4) is 0 Å². The molecule has 3 rings (SSSR count). The van der Waals surface area contributed by atoms with E-state index in [-0.39, 0.29) is 5.41 Å². The highest BCUT2D eigenvalue weighted by atomic mass is 16.3. The van der Waals surface area contributed by atoms with E-state index >= 15 is 0 Å². The van der Waals surface area contributed by atoms with Crippen LogP contribution in [-0.4, -0.2) is 10.7 Å². The smallest absolute Gasteiger partial charge is 0.0656 e. The lowest BCUT2D eigenvalue weighted by Crippen LogP contribution is -2.52. The molecule has 1 aromatic carbocycles. The lowest BCUT2D eigenvalue weighted by atomic mass is 9.53.